The maximum Gasteiger partial charge on any atom is 0.0522 e. The molecule has 1 aromatic heterocycles. The zero-order valence-electron chi connectivity index (χ0n) is 9.74. The van der Waals surface area contributed by atoms with Gasteiger partial charge in [0.15, 0.2) is 0 Å². The topological polar surface area (TPSA) is 43.8 Å². The van der Waals surface area contributed by atoms with Crippen LogP contribution in [0.25, 0.3) is 0 Å². The normalized spacial score (nSPS) is 31.8. The Balaban J connectivity index is 2.08. The van der Waals surface area contributed by atoms with E-state index in [-0.39, 0.29) is 5.54 Å². The molecule has 0 saturated heterocycles. The van der Waals surface area contributed by atoms with Gasteiger partial charge >= 0.3 is 0 Å². The first-order valence-electron chi connectivity index (χ1n) is 5.86. The molecule has 1 aliphatic carbocycles. The van der Waals surface area contributed by atoms with Gasteiger partial charge < -0.3 is 5.73 Å². The van der Waals surface area contributed by atoms with Crippen LogP contribution in [0.2, 0.25) is 0 Å². The Morgan fingerprint density at radius 2 is 2.40 bits per heavy atom. The van der Waals surface area contributed by atoms with Crippen LogP contribution >= 0.6 is 0 Å². The Kier molecular flexibility index (Phi) is 2.83. The van der Waals surface area contributed by atoms with Gasteiger partial charge in [-0.3, -0.25) is 4.68 Å². The van der Waals surface area contributed by atoms with Crippen molar-refractivity contribution in [1.29, 1.82) is 0 Å². The van der Waals surface area contributed by atoms with Gasteiger partial charge in [0, 0.05) is 18.8 Å². The molecule has 1 aliphatic rings. The first-order valence-corrected chi connectivity index (χ1v) is 5.86. The molecule has 3 nitrogen and oxygen atoms in total. The maximum atomic E-state index is 6.51. The van der Waals surface area contributed by atoms with E-state index in [1.807, 2.05) is 17.9 Å². The lowest BCUT2D eigenvalue weighted by Gasteiger charge is -2.39. The molecule has 1 heterocycles. The molecule has 0 radical (unpaired) electrons. The van der Waals surface area contributed by atoms with Crippen LogP contribution in [-0.2, 0) is 13.5 Å². The summed E-state index contributed by atoms with van der Waals surface area (Å²) < 4.78 is 1.85. The van der Waals surface area contributed by atoms with Crippen LogP contribution in [0.3, 0.4) is 0 Å². The van der Waals surface area contributed by atoms with Crippen LogP contribution in [0, 0.1) is 5.92 Å². The fourth-order valence-corrected chi connectivity index (χ4v) is 2.64. The second-order valence-corrected chi connectivity index (χ2v) is 5.08. The second-order valence-electron chi connectivity index (χ2n) is 5.08. The Morgan fingerprint density at radius 3 is 3.00 bits per heavy atom. The van der Waals surface area contributed by atoms with E-state index in [0.29, 0.717) is 5.92 Å². The highest BCUT2D eigenvalue weighted by Gasteiger charge is 2.34. The first kappa shape index (κ1) is 10.7. The van der Waals surface area contributed by atoms with Crippen LogP contribution in [0.5, 0.6) is 0 Å². The lowest BCUT2D eigenvalue weighted by molar-refractivity contribution is 0.204. The molecule has 2 unspecified atom stereocenters. The lowest BCUT2D eigenvalue weighted by atomic mass is 9.71. The number of hydrogen-bond donors (Lipinski definition) is 1. The molecule has 2 N–H and O–H groups in total. The van der Waals surface area contributed by atoms with Crippen LogP contribution < -0.4 is 5.73 Å². The van der Waals surface area contributed by atoms with Crippen molar-refractivity contribution in [3.63, 3.8) is 0 Å². The minimum atomic E-state index is 0.00127. The largest absolute Gasteiger partial charge is 0.325 e. The summed E-state index contributed by atoms with van der Waals surface area (Å²) in [6.07, 6.45) is 10.0. The van der Waals surface area contributed by atoms with Crippen LogP contribution in [0.15, 0.2) is 12.4 Å². The van der Waals surface area contributed by atoms with Gasteiger partial charge in [-0.05, 0) is 30.7 Å². The predicted octanol–water partition coefficient (Wildman–Crippen LogP) is 1.87. The highest BCUT2D eigenvalue weighted by molar-refractivity contribution is 5.11. The number of nitrogens with two attached hydrogens (primary N) is 1. The Bertz CT molecular complexity index is 331. The van der Waals surface area contributed by atoms with E-state index >= 15 is 0 Å². The van der Waals surface area contributed by atoms with Gasteiger partial charge in [-0.25, -0.2) is 0 Å². The van der Waals surface area contributed by atoms with E-state index < -0.39 is 0 Å². The molecule has 2 atom stereocenters. The van der Waals surface area contributed by atoms with E-state index in [1.54, 1.807) is 0 Å². The van der Waals surface area contributed by atoms with Crippen molar-refractivity contribution >= 4 is 0 Å². The van der Waals surface area contributed by atoms with Crippen LogP contribution in [0.4, 0.5) is 0 Å². The summed E-state index contributed by atoms with van der Waals surface area (Å²) in [6.45, 7) is 2.29. The molecule has 1 aromatic rings. The van der Waals surface area contributed by atoms with E-state index in [2.05, 4.69) is 18.2 Å². The van der Waals surface area contributed by atoms with Crippen molar-refractivity contribution in [3.05, 3.63) is 18.0 Å². The monoisotopic (exact) mass is 207 g/mol. The number of nitrogens with zero attached hydrogens (tertiary/aromatic N) is 2. The lowest BCUT2D eigenvalue weighted by Crippen LogP contribution is -2.49. The van der Waals surface area contributed by atoms with Crippen LogP contribution in [-0.4, -0.2) is 15.3 Å². The molecule has 84 valence electrons. The summed E-state index contributed by atoms with van der Waals surface area (Å²) in [5.74, 6) is 0.631. The highest BCUT2D eigenvalue weighted by Crippen LogP contribution is 2.33. The zero-order valence-corrected chi connectivity index (χ0v) is 9.74. The third-order valence-corrected chi connectivity index (χ3v) is 3.80. The quantitative estimate of drug-likeness (QED) is 0.804. The van der Waals surface area contributed by atoms with Gasteiger partial charge in [0.25, 0.3) is 0 Å². The molecular weight excluding hydrogens is 186 g/mol. The second kappa shape index (κ2) is 3.97. The SMILES string of the molecule is CC1CCCCC1(N)Cc1cnn(C)c1. The number of aromatic nitrogens is 2. The van der Waals surface area contributed by atoms with E-state index in [4.69, 9.17) is 5.73 Å². The zero-order chi connectivity index (χ0) is 10.9. The molecule has 2 rings (SSSR count). The number of aryl methyl sites for hydroxylation is 1. The standard InChI is InChI=1S/C12H21N3/c1-10-5-3-4-6-12(10,13)7-11-8-14-15(2)9-11/h8-10H,3-7,13H2,1-2H3. The fraction of sp³-hybridized carbons (Fsp3) is 0.750. The average Bonchev–Trinajstić information content (AvgIpc) is 2.57. The summed E-state index contributed by atoms with van der Waals surface area (Å²) >= 11 is 0. The third kappa shape index (κ3) is 2.23. The third-order valence-electron chi connectivity index (χ3n) is 3.80. The molecule has 0 amide bonds. The van der Waals surface area contributed by atoms with Crippen molar-refractivity contribution in [1.82, 2.24) is 9.78 Å². The van der Waals surface area contributed by atoms with Gasteiger partial charge in [0.05, 0.1) is 6.20 Å². The van der Waals surface area contributed by atoms with Crippen molar-refractivity contribution < 1.29 is 0 Å². The molecule has 0 spiro atoms. The van der Waals surface area contributed by atoms with E-state index in [1.165, 1.54) is 24.8 Å². The van der Waals surface area contributed by atoms with Crippen molar-refractivity contribution in [2.45, 2.75) is 44.6 Å². The van der Waals surface area contributed by atoms with Crippen molar-refractivity contribution in [2.75, 3.05) is 0 Å². The summed E-state index contributed by atoms with van der Waals surface area (Å²) in [4.78, 5) is 0. The van der Waals surface area contributed by atoms with Crippen molar-refractivity contribution in [2.24, 2.45) is 18.7 Å². The minimum absolute atomic E-state index is 0.00127. The van der Waals surface area contributed by atoms with Crippen molar-refractivity contribution in [3.8, 4) is 0 Å². The molecule has 1 fully saturated rings. The summed E-state index contributed by atoms with van der Waals surface area (Å²) in [5.41, 5.74) is 7.78. The summed E-state index contributed by atoms with van der Waals surface area (Å²) in [6, 6.07) is 0. The Labute approximate surface area is 91.7 Å². The number of rotatable bonds is 2. The molecular formula is C12H21N3. The smallest absolute Gasteiger partial charge is 0.0522 e. The summed E-state index contributed by atoms with van der Waals surface area (Å²) in [7, 11) is 1.96. The molecule has 3 heteroatoms. The molecule has 0 aliphatic heterocycles. The first-order chi connectivity index (χ1) is 7.10. The van der Waals surface area contributed by atoms with E-state index in [0.717, 1.165) is 12.8 Å². The average molecular weight is 207 g/mol. The van der Waals surface area contributed by atoms with Gasteiger partial charge in [-0.15, -0.1) is 0 Å². The van der Waals surface area contributed by atoms with Crippen LogP contribution in [0.1, 0.15) is 38.2 Å². The van der Waals surface area contributed by atoms with Gasteiger partial charge in [0.2, 0.25) is 0 Å². The van der Waals surface area contributed by atoms with E-state index in [9.17, 15) is 0 Å². The molecule has 0 bridgehead atoms. The Hall–Kier alpha value is -0.830. The fourth-order valence-electron chi connectivity index (χ4n) is 2.64. The number of hydrogen-bond acceptors (Lipinski definition) is 2. The molecule has 0 aromatic carbocycles. The summed E-state index contributed by atoms with van der Waals surface area (Å²) in [5, 5.41) is 4.20. The maximum absolute atomic E-state index is 6.51. The Morgan fingerprint density at radius 1 is 1.60 bits per heavy atom. The van der Waals surface area contributed by atoms with Gasteiger partial charge in [-0.1, -0.05) is 19.8 Å². The minimum Gasteiger partial charge on any atom is -0.325 e. The predicted molar refractivity (Wildman–Crippen MR) is 61.5 cm³/mol. The molecule has 1 saturated carbocycles. The highest BCUT2D eigenvalue weighted by atomic mass is 15.2. The van der Waals surface area contributed by atoms with Gasteiger partial charge in [0.1, 0.15) is 0 Å². The molecule has 15 heavy (non-hydrogen) atoms. The van der Waals surface area contributed by atoms with Gasteiger partial charge in [-0.2, -0.15) is 5.10 Å².